The number of rotatable bonds is 4. The van der Waals surface area contributed by atoms with Gasteiger partial charge in [0.25, 0.3) is 0 Å². The molecule has 0 saturated heterocycles. The molecule has 4 nitrogen and oxygen atoms in total. The molecule has 0 unspecified atom stereocenters. The first-order chi connectivity index (χ1) is 9.79. The van der Waals surface area contributed by atoms with Gasteiger partial charge in [-0.1, -0.05) is 23.7 Å². The molecule has 0 fully saturated rings. The summed E-state index contributed by atoms with van der Waals surface area (Å²) in [5.74, 6) is -1.79. The molecule has 0 aromatic heterocycles. The van der Waals surface area contributed by atoms with Crippen molar-refractivity contribution in [1.29, 1.82) is 0 Å². The lowest BCUT2D eigenvalue weighted by Gasteiger charge is -2.09. The van der Waals surface area contributed by atoms with Crippen LogP contribution in [0.15, 0.2) is 41.3 Å². The van der Waals surface area contributed by atoms with E-state index in [4.69, 9.17) is 21.5 Å². The second-order valence-electron chi connectivity index (χ2n) is 4.14. The number of hydrogen-bond acceptors (Lipinski definition) is 3. The van der Waals surface area contributed by atoms with Crippen LogP contribution in [0, 0.1) is 11.6 Å². The van der Waals surface area contributed by atoms with Gasteiger partial charge in [-0.3, -0.25) is 0 Å². The average molecular weight is 334 g/mol. The predicted octanol–water partition coefficient (Wildman–Crippen LogP) is 2.84. The van der Waals surface area contributed by atoms with Crippen molar-refractivity contribution in [2.45, 2.75) is 11.5 Å². The van der Waals surface area contributed by atoms with Gasteiger partial charge in [-0.15, -0.1) is 0 Å². The van der Waals surface area contributed by atoms with E-state index in [0.29, 0.717) is 0 Å². The van der Waals surface area contributed by atoms with E-state index in [9.17, 15) is 17.2 Å². The van der Waals surface area contributed by atoms with E-state index in [1.165, 1.54) is 18.2 Å². The van der Waals surface area contributed by atoms with Gasteiger partial charge in [0.05, 0.1) is 9.92 Å². The van der Waals surface area contributed by atoms with Crippen molar-refractivity contribution in [2.24, 2.45) is 5.14 Å². The van der Waals surface area contributed by atoms with Gasteiger partial charge in [-0.05, 0) is 24.3 Å². The first kappa shape index (κ1) is 15.7. The first-order valence-electron chi connectivity index (χ1n) is 5.67. The standard InChI is InChI=1S/C13H10ClF2NO3S/c14-10-3-1-2-8(13(10)16)7-20-12-5-4-9(6-11(12)15)21(17,18)19/h1-6H,7H2,(H2,17,18,19). The monoisotopic (exact) mass is 333 g/mol. The smallest absolute Gasteiger partial charge is 0.238 e. The van der Waals surface area contributed by atoms with Crippen LogP contribution in [0.4, 0.5) is 8.78 Å². The third-order valence-electron chi connectivity index (χ3n) is 2.65. The summed E-state index contributed by atoms with van der Waals surface area (Å²) in [6.07, 6.45) is 0. The second kappa shape index (κ2) is 5.97. The van der Waals surface area contributed by atoms with E-state index in [1.54, 1.807) is 0 Å². The molecule has 2 rings (SSSR count). The van der Waals surface area contributed by atoms with Gasteiger partial charge in [-0.2, -0.15) is 0 Å². The molecular weight excluding hydrogens is 324 g/mol. The Hall–Kier alpha value is -1.70. The Kier molecular flexibility index (Phi) is 4.46. The Morgan fingerprint density at radius 2 is 1.90 bits per heavy atom. The van der Waals surface area contributed by atoms with Crippen LogP contribution in [0.25, 0.3) is 0 Å². The van der Waals surface area contributed by atoms with Crippen LogP contribution >= 0.6 is 11.6 Å². The maximum Gasteiger partial charge on any atom is 0.238 e. The minimum absolute atomic E-state index is 0.0684. The lowest BCUT2D eigenvalue weighted by Crippen LogP contribution is -2.12. The van der Waals surface area contributed by atoms with E-state index in [-0.39, 0.29) is 27.8 Å². The van der Waals surface area contributed by atoms with Crippen LogP contribution in [0.1, 0.15) is 5.56 Å². The summed E-state index contributed by atoms with van der Waals surface area (Å²) in [6.45, 7) is -0.252. The minimum Gasteiger partial charge on any atom is -0.486 e. The van der Waals surface area contributed by atoms with Gasteiger partial charge >= 0.3 is 0 Å². The second-order valence-corrected chi connectivity index (χ2v) is 6.11. The zero-order valence-electron chi connectivity index (χ0n) is 10.5. The number of ether oxygens (including phenoxy) is 1. The first-order valence-corrected chi connectivity index (χ1v) is 7.59. The highest BCUT2D eigenvalue weighted by Gasteiger charge is 2.13. The van der Waals surface area contributed by atoms with Crippen LogP contribution < -0.4 is 9.88 Å². The van der Waals surface area contributed by atoms with Gasteiger partial charge in [-0.25, -0.2) is 22.3 Å². The van der Waals surface area contributed by atoms with E-state index in [0.717, 1.165) is 18.2 Å². The minimum atomic E-state index is -3.99. The highest BCUT2D eigenvalue weighted by molar-refractivity contribution is 7.89. The highest BCUT2D eigenvalue weighted by atomic mass is 35.5. The number of halogens is 3. The molecule has 0 spiro atoms. The molecule has 0 heterocycles. The largest absolute Gasteiger partial charge is 0.486 e. The van der Waals surface area contributed by atoms with Crippen molar-refractivity contribution in [2.75, 3.05) is 0 Å². The quantitative estimate of drug-likeness (QED) is 0.935. The van der Waals surface area contributed by atoms with E-state index >= 15 is 0 Å². The fourth-order valence-electron chi connectivity index (χ4n) is 1.59. The van der Waals surface area contributed by atoms with Crippen LogP contribution in [0.2, 0.25) is 5.02 Å². The van der Waals surface area contributed by atoms with Crippen molar-refractivity contribution < 1.29 is 21.9 Å². The Bertz CT molecular complexity index is 781. The maximum absolute atomic E-state index is 13.7. The molecule has 0 radical (unpaired) electrons. The molecule has 0 aliphatic rings. The molecule has 8 heteroatoms. The number of sulfonamides is 1. The molecule has 0 aliphatic carbocycles. The molecule has 0 saturated carbocycles. The van der Waals surface area contributed by atoms with E-state index in [1.807, 2.05) is 0 Å². The SMILES string of the molecule is NS(=O)(=O)c1ccc(OCc2cccc(Cl)c2F)c(F)c1. The summed E-state index contributed by atoms with van der Waals surface area (Å²) in [6, 6.07) is 7.29. The fraction of sp³-hybridized carbons (Fsp3) is 0.0769. The zero-order chi connectivity index (χ0) is 15.6. The van der Waals surface area contributed by atoms with Crippen molar-refractivity contribution in [1.82, 2.24) is 0 Å². The summed E-state index contributed by atoms with van der Waals surface area (Å²) in [7, 11) is -3.99. The molecule has 21 heavy (non-hydrogen) atoms. The van der Waals surface area contributed by atoms with Crippen LogP contribution in [0.3, 0.4) is 0 Å². The molecule has 0 atom stereocenters. The lowest BCUT2D eigenvalue weighted by atomic mass is 10.2. The average Bonchev–Trinajstić information content (AvgIpc) is 2.40. The van der Waals surface area contributed by atoms with Gasteiger partial charge in [0, 0.05) is 5.56 Å². The van der Waals surface area contributed by atoms with Gasteiger partial charge in [0.2, 0.25) is 10.0 Å². The Balaban J connectivity index is 2.19. The van der Waals surface area contributed by atoms with Gasteiger partial charge in [0.1, 0.15) is 12.4 Å². The van der Waals surface area contributed by atoms with Crippen LogP contribution in [-0.2, 0) is 16.6 Å². The highest BCUT2D eigenvalue weighted by Crippen LogP contribution is 2.23. The predicted molar refractivity (Wildman–Crippen MR) is 73.5 cm³/mol. The summed E-state index contributed by atoms with van der Waals surface area (Å²) in [5.41, 5.74) is 0.150. The Morgan fingerprint density at radius 1 is 1.19 bits per heavy atom. The van der Waals surface area contributed by atoms with Gasteiger partial charge in [0.15, 0.2) is 11.6 Å². The van der Waals surface area contributed by atoms with Gasteiger partial charge < -0.3 is 4.74 Å². The number of hydrogen-bond donors (Lipinski definition) is 1. The summed E-state index contributed by atoms with van der Waals surface area (Å²) in [4.78, 5) is -0.374. The van der Waals surface area contributed by atoms with Crippen LogP contribution in [0.5, 0.6) is 5.75 Å². The molecule has 2 aromatic carbocycles. The topological polar surface area (TPSA) is 69.4 Å². The van der Waals surface area contributed by atoms with Crippen molar-refractivity contribution in [3.05, 3.63) is 58.6 Å². The van der Waals surface area contributed by atoms with Crippen molar-refractivity contribution >= 4 is 21.6 Å². The number of primary sulfonamides is 1. The van der Waals surface area contributed by atoms with E-state index < -0.39 is 21.7 Å². The fourth-order valence-corrected chi connectivity index (χ4v) is 2.31. The molecule has 0 amide bonds. The number of benzene rings is 2. The lowest BCUT2D eigenvalue weighted by molar-refractivity contribution is 0.284. The van der Waals surface area contributed by atoms with Crippen LogP contribution in [-0.4, -0.2) is 8.42 Å². The number of nitrogens with two attached hydrogens (primary N) is 1. The summed E-state index contributed by atoms with van der Waals surface area (Å²) < 4.78 is 54.6. The third kappa shape index (κ3) is 3.69. The van der Waals surface area contributed by atoms with E-state index in [2.05, 4.69) is 0 Å². The molecule has 2 N–H and O–H groups in total. The van der Waals surface area contributed by atoms with Crippen molar-refractivity contribution in [3.8, 4) is 5.75 Å². The normalized spacial score (nSPS) is 11.4. The summed E-state index contributed by atoms with van der Waals surface area (Å²) >= 11 is 5.61. The maximum atomic E-state index is 13.7. The Labute approximate surface area is 125 Å². The molecular formula is C13H10ClF2NO3S. The zero-order valence-corrected chi connectivity index (χ0v) is 12.1. The molecule has 112 valence electrons. The summed E-state index contributed by atoms with van der Waals surface area (Å²) in [5, 5.41) is 4.81. The molecule has 2 aromatic rings. The molecule has 0 aliphatic heterocycles. The van der Waals surface area contributed by atoms with Crippen molar-refractivity contribution in [3.63, 3.8) is 0 Å². The Morgan fingerprint density at radius 3 is 2.52 bits per heavy atom. The third-order valence-corrected chi connectivity index (χ3v) is 3.85. The molecule has 0 bridgehead atoms.